The SMILES string of the molecule is CCC(O)CC(=O)NN(O)C[C@@H](C)S(=O)(=O)c1ccc(OC)cc1. The van der Waals surface area contributed by atoms with Gasteiger partial charge in [0.25, 0.3) is 0 Å². The number of hydrogen-bond donors (Lipinski definition) is 3. The van der Waals surface area contributed by atoms with Gasteiger partial charge in [0.05, 0.1) is 36.3 Å². The van der Waals surface area contributed by atoms with E-state index in [2.05, 4.69) is 5.43 Å². The van der Waals surface area contributed by atoms with Crippen molar-refractivity contribution in [2.24, 2.45) is 0 Å². The summed E-state index contributed by atoms with van der Waals surface area (Å²) in [6.45, 7) is 2.83. The molecule has 1 amide bonds. The Hall–Kier alpha value is -1.68. The van der Waals surface area contributed by atoms with Crippen LogP contribution in [0.15, 0.2) is 29.2 Å². The number of nitrogens with one attached hydrogen (secondary N) is 1. The van der Waals surface area contributed by atoms with Gasteiger partial charge in [0.2, 0.25) is 5.91 Å². The molecule has 0 aromatic heterocycles. The fourth-order valence-corrected chi connectivity index (χ4v) is 3.25. The topological polar surface area (TPSA) is 116 Å². The zero-order valence-corrected chi connectivity index (χ0v) is 14.8. The van der Waals surface area contributed by atoms with Gasteiger partial charge in [-0.2, -0.15) is 0 Å². The third-order valence-electron chi connectivity index (χ3n) is 3.49. The second-order valence-electron chi connectivity index (χ2n) is 5.41. The zero-order valence-electron chi connectivity index (χ0n) is 14.0. The Morgan fingerprint density at radius 1 is 1.33 bits per heavy atom. The molecule has 0 spiro atoms. The van der Waals surface area contributed by atoms with E-state index < -0.39 is 27.1 Å². The van der Waals surface area contributed by atoms with Crippen molar-refractivity contribution in [3.63, 3.8) is 0 Å². The molecule has 1 unspecified atom stereocenters. The Kier molecular flexibility index (Phi) is 7.61. The second-order valence-corrected chi connectivity index (χ2v) is 7.78. The maximum Gasteiger partial charge on any atom is 0.238 e. The van der Waals surface area contributed by atoms with Gasteiger partial charge in [-0.3, -0.25) is 15.4 Å². The van der Waals surface area contributed by atoms with Crippen LogP contribution in [-0.4, -0.2) is 54.8 Å². The molecule has 0 radical (unpaired) electrons. The molecule has 2 atom stereocenters. The molecule has 0 saturated heterocycles. The number of sulfone groups is 1. The number of benzene rings is 1. The molecule has 1 aromatic carbocycles. The Morgan fingerprint density at radius 3 is 2.42 bits per heavy atom. The average Bonchev–Trinajstić information content (AvgIpc) is 2.54. The molecule has 0 bridgehead atoms. The van der Waals surface area contributed by atoms with Crippen molar-refractivity contribution in [3.05, 3.63) is 24.3 Å². The summed E-state index contributed by atoms with van der Waals surface area (Å²) in [5.74, 6) is -0.0620. The van der Waals surface area contributed by atoms with Gasteiger partial charge in [0.15, 0.2) is 9.84 Å². The fourth-order valence-electron chi connectivity index (χ4n) is 1.93. The van der Waals surface area contributed by atoms with E-state index in [9.17, 15) is 23.5 Å². The molecule has 1 rings (SSSR count). The molecule has 24 heavy (non-hydrogen) atoms. The molecule has 0 heterocycles. The van der Waals surface area contributed by atoms with Crippen molar-refractivity contribution in [1.82, 2.24) is 10.6 Å². The molecule has 8 nitrogen and oxygen atoms in total. The monoisotopic (exact) mass is 360 g/mol. The number of methoxy groups -OCH3 is 1. The van der Waals surface area contributed by atoms with E-state index in [0.29, 0.717) is 17.3 Å². The molecular weight excluding hydrogens is 336 g/mol. The highest BCUT2D eigenvalue weighted by atomic mass is 32.2. The molecule has 0 fully saturated rings. The standard InChI is InChI=1S/C15H24N2O6S/c1-4-12(18)9-15(19)16-17(20)10-11(2)24(21,22)14-7-5-13(23-3)6-8-14/h5-8,11-12,18,20H,4,9-10H2,1-3H3,(H,16,19)/t11-,12?/m1/s1. The summed E-state index contributed by atoms with van der Waals surface area (Å²) in [4.78, 5) is 11.7. The van der Waals surface area contributed by atoms with Crippen LogP contribution >= 0.6 is 0 Å². The van der Waals surface area contributed by atoms with Crippen molar-refractivity contribution in [3.8, 4) is 5.75 Å². The van der Waals surface area contributed by atoms with Gasteiger partial charge in [-0.15, -0.1) is 5.17 Å². The first-order valence-corrected chi connectivity index (χ1v) is 9.07. The number of hydrazine groups is 1. The van der Waals surface area contributed by atoms with Gasteiger partial charge < -0.3 is 9.84 Å². The van der Waals surface area contributed by atoms with Crippen molar-refractivity contribution in [2.75, 3.05) is 13.7 Å². The molecule has 0 aliphatic carbocycles. The summed E-state index contributed by atoms with van der Waals surface area (Å²) < 4.78 is 29.9. The van der Waals surface area contributed by atoms with E-state index in [1.807, 2.05) is 0 Å². The minimum atomic E-state index is -3.68. The second kappa shape index (κ2) is 8.97. The quantitative estimate of drug-likeness (QED) is 0.556. The van der Waals surface area contributed by atoms with Gasteiger partial charge in [0, 0.05) is 0 Å². The van der Waals surface area contributed by atoms with Crippen molar-refractivity contribution in [1.29, 1.82) is 0 Å². The van der Waals surface area contributed by atoms with Crippen molar-refractivity contribution in [2.45, 2.75) is 42.9 Å². The molecule has 136 valence electrons. The van der Waals surface area contributed by atoms with Crippen LogP contribution in [0.25, 0.3) is 0 Å². The molecule has 0 aliphatic rings. The van der Waals surface area contributed by atoms with Crippen LogP contribution in [0.3, 0.4) is 0 Å². The summed E-state index contributed by atoms with van der Waals surface area (Å²) >= 11 is 0. The highest BCUT2D eigenvalue weighted by molar-refractivity contribution is 7.92. The average molecular weight is 360 g/mol. The number of aliphatic hydroxyl groups is 1. The van der Waals surface area contributed by atoms with E-state index in [1.54, 1.807) is 6.92 Å². The van der Waals surface area contributed by atoms with Gasteiger partial charge >= 0.3 is 0 Å². The summed E-state index contributed by atoms with van der Waals surface area (Å²) in [5, 5.41) is 18.5. The molecule has 0 aliphatic heterocycles. The lowest BCUT2D eigenvalue weighted by Crippen LogP contribution is -2.45. The summed E-state index contributed by atoms with van der Waals surface area (Å²) in [5.41, 5.74) is 2.12. The first-order chi connectivity index (χ1) is 11.2. The van der Waals surface area contributed by atoms with Gasteiger partial charge in [0.1, 0.15) is 5.75 Å². The van der Waals surface area contributed by atoms with Gasteiger partial charge in [-0.25, -0.2) is 8.42 Å². The highest BCUT2D eigenvalue weighted by Gasteiger charge is 2.26. The normalized spacial score (nSPS) is 14.2. The van der Waals surface area contributed by atoms with Crippen LogP contribution < -0.4 is 10.2 Å². The number of hydrogen-bond acceptors (Lipinski definition) is 7. The number of ether oxygens (including phenoxy) is 1. The van der Waals surface area contributed by atoms with Gasteiger partial charge in [-0.1, -0.05) is 6.92 Å². The van der Waals surface area contributed by atoms with Crippen molar-refractivity contribution < 1.29 is 28.3 Å². The van der Waals surface area contributed by atoms with E-state index >= 15 is 0 Å². The first kappa shape index (κ1) is 20.4. The van der Waals surface area contributed by atoms with Crippen molar-refractivity contribution >= 4 is 15.7 Å². The first-order valence-electron chi connectivity index (χ1n) is 7.52. The molecular formula is C15H24N2O6S. The van der Waals surface area contributed by atoms with E-state index in [4.69, 9.17) is 4.74 Å². The number of aliphatic hydroxyl groups excluding tert-OH is 1. The number of nitrogens with zero attached hydrogens (tertiary/aromatic N) is 1. The minimum Gasteiger partial charge on any atom is -0.497 e. The number of carbonyl (C=O) groups is 1. The fraction of sp³-hybridized carbons (Fsp3) is 0.533. The Balaban J connectivity index is 2.67. The number of rotatable bonds is 9. The predicted molar refractivity (Wildman–Crippen MR) is 87.2 cm³/mol. The lowest BCUT2D eigenvalue weighted by molar-refractivity contribution is -0.161. The van der Waals surface area contributed by atoms with Crippen LogP contribution in [0.5, 0.6) is 5.75 Å². The smallest absolute Gasteiger partial charge is 0.238 e. The summed E-state index contributed by atoms with van der Waals surface area (Å²) in [6.07, 6.45) is -0.576. The number of hydroxylamine groups is 1. The third kappa shape index (κ3) is 5.75. The zero-order chi connectivity index (χ0) is 18.3. The minimum absolute atomic E-state index is 0.0944. The van der Waals surface area contributed by atoms with Gasteiger partial charge in [-0.05, 0) is 37.6 Å². The maximum atomic E-state index is 12.4. The van der Waals surface area contributed by atoms with Crippen LogP contribution in [0.4, 0.5) is 0 Å². The third-order valence-corrected chi connectivity index (χ3v) is 5.63. The predicted octanol–water partition coefficient (Wildman–Crippen LogP) is 0.741. The Labute approximate surface area is 141 Å². The Morgan fingerprint density at radius 2 is 1.92 bits per heavy atom. The molecule has 9 heteroatoms. The van der Waals surface area contributed by atoms with Crippen LogP contribution in [-0.2, 0) is 14.6 Å². The highest BCUT2D eigenvalue weighted by Crippen LogP contribution is 2.20. The lowest BCUT2D eigenvalue weighted by Gasteiger charge is -2.21. The number of carbonyl (C=O) groups excluding carboxylic acids is 1. The largest absolute Gasteiger partial charge is 0.497 e. The maximum absolute atomic E-state index is 12.4. The van der Waals surface area contributed by atoms with E-state index in [-0.39, 0.29) is 17.9 Å². The molecule has 3 N–H and O–H groups in total. The lowest BCUT2D eigenvalue weighted by atomic mass is 10.2. The summed E-state index contributed by atoms with van der Waals surface area (Å²) in [7, 11) is -2.20. The van der Waals surface area contributed by atoms with E-state index in [1.165, 1.54) is 38.3 Å². The Bertz CT molecular complexity index is 632. The van der Waals surface area contributed by atoms with Crippen LogP contribution in [0, 0.1) is 0 Å². The molecule has 0 saturated carbocycles. The van der Waals surface area contributed by atoms with Crippen LogP contribution in [0.2, 0.25) is 0 Å². The summed E-state index contributed by atoms with van der Waals surface area (Å²) in [6, 6.07) is 5.90. The van der Waals surface area contributed by atoms with Crippen LogP contribution in [0.1, 0.15) is 26.7 Å². The number of amides is 1. The van der Waals surface area contributed by atoms with E-state index in [0.717, 1.165) is 0 Å². The molecule has 1 aromatic rings.